The van der Waals surface area contributed by atoms with Gasteiger partial charge in [0.05, 0.1) is 6.54 Å². The molecule has 1 saturated carbocycles. The molecule has 2 aliphatic rings. The molecule has 3 aromatic rings. The topological polar surface area (TPSA) is 24.4 Å². The average Bonchev–Trinajstić information content (AvgIpc) is 2.81. The summed E-state index contributed by atoms with van der Waals surface area (Å²) in [6, 6.07) is 30.4. The van der Waals surface area contributed by atoms with Crippen molar-refractivity contribution in [2.45, 2.75) is 44.4 Å². The molecular formula is C28H30N2. The molecule has 0 aromatic heterocycles. The fourth-order valence-corrected chi connectivity index (χ4v) is 5.31. The van der Waals surface area contributed by atoms with Crippen LogP contribution in [0.2, 0.25) is 0 Å². The molecule has 1 fully saturated rings. The van der Waals surface area contributed by atoms with Crippen LogP contribution in [0.5, 0.6) is 0 Å². The molecule has 3 aromatic carbocycles. The molecular weight excluding hydrogens is 364 g/mol. The smallest absolute Gasteiger partial charge is 0.107 e. The monoisotopic (exact) mass is 394 g/mol. The normalized spacial score (nSPS) is 18.9. The van der Waals surface area contributed by atoms with Crippen LogP contribution in [0.15, 0.2) is 89.9 Å². The highest BCUT2D eigenvalue weighted by Gasteiger charge is 2.41. The van der Waals surface area contributed by atoms with E-state index in [1.165, 1.54) is 60.3 Å². The van der Waals surface area contributed by atoms with Gasteiger partial charge in [-0.1, -0.05) is 98.1 Å². The summed E-state index contributed by atoms with van der Waals surface area (Å²) in [6.07, 6.45) is 7.58. The summed E-state index contributed by atoms with van der Waals surface area (Å²) >= 11 is 0. The Bertz CT molecular complexity index is 962. The fraction of sp³-hybridized carbons (Fsp3) is 0.321. The maximum atomic E-state index is 5.32. The van der Waals surface area contributed by atoms with E-state index < -0.39 is 0 Å². The zero-order valence-electron chi connectivity index (χ0n) is 17.6. The maximum absolute atomic E-state index is 5.32. The number of hydrogen-bond acceptors (Lipinski definition) is 1. The lowest BCUT2D eigenvalue weighted by Crippen LogP contribution is -2.43. The molecule has 0 radical (unpaired) electrons. The van der Waals surface area contributed by atoms with Crippen molar-refractivity contribution in [3.63, 3.8) is 0 Å². The molecule has 152 valence electrons. The minimum Gasteiger partial charge on any atom is -0.343 e. The van der Waals surface area contributed by atoms with Gasteiger partial charge in [0.2, 0.25) is 0 Å². The average molecular weight is 395 g/mol. The van der Waals surface area contributed by atoms with Gasteiger partial charge >= 0.3 is 0 Å². The third kappa shape index (κ3) is 3.79. The zero-order chi connectivity index (χ0) is 20.2. The summed E-state index contributed by atoms with van der Waals surface area (Å²) in [4.78, 5) is 5.32. The third-order valence-corrected chi connectivity index (χ3v) is 6.95. The van der Waals surface area contributed by atoms with Gasteiger partial charge in [0.25, 0.3) is 0 Å². The lowest BCUT2D eigenvalue weighted by Gasteiger charge is -2.42. The predicted molar refractivity (Wildman–Crippen MR) is 126 cm³/mol. The van der Waals surface area contributed by atoms with Crippen LogP contribution >= 0.6 is 0 Å². The van der Waals surface area contributed by atoms with Crippen molar-refractivity contribution in [2.24, 2.45) is 10.4 Å². The van der Waals surface area contributed by atoms with Crippen molar-refractivity contribution in [1.82, 2.24) is 0 Å². The van der Waals surface area contributed by atoms with Gasteiger partial charge in [-0.15, -0.1) is 0 Å². The highest BCUT2D eigenvalue weighted by atomic mass is 15.0. The molecule has 1 aliphatic heterocycles. The molecule has 0 saturated heterocycles. The Kier molecular flexibility index (Phi) is 5.40. The van der Waals surface area contributed by atoms with Gasteiger partial charge in [-0.25, -0.2) is 0 Å². The van der Waals surface area contributed by atoms with E-state index in [0.717, 1.165) is 13.0 Å². The number of hydrogen-bond donors (Lipinski definition) is 1. The van der Waals surface area contributed by atoms with Gasteiger partial charge < -0.3 is 5.32 Å². The molecule has 2 nitrogen and oxygen atoms in total. The summed E-state index contributed by atoms with van der Waals surface area (Å²) in [5, 5.41) is 3.77. The number of nitrogens with one attached hydrogen (secondary N) is 1. The van der Waals surface area contributed by atoms with E-state index in [2.05, 4.69) is 90.2 Å². The second kappa shape index (κ2) is 8.47. The Morgan fingerprint density at radius 1 is 0.733 bits per heavy atom. The number of fused-ring (bicyclic) bond motifs is 1. The van der Waals surface area contributed by atoms with Crippen molar-refractivity contribution >= 4 is 11.5 Å². The lowest BCUT2D eigenvalue weighted by molar-refractivity contribution is 0.278. The van der Waals surface area contributed by atoms with E-state index in [0.29, 0.717) is 0 Å². The van der Waals surface area contributed by atoms with Crippen molar-refractivity contribution < 1.29 is 0 Å². The number of anilines is 1. The molecule has 1 aliphatic carbocycles. The van der Waals surface area contributed by atoms with Gasteiger partial charge in [-0.3, -0.25) is 4.99 Å². The van der Waals surface area contributed by atoms with Gasteiger partial charge in [-0.05, 0) is 42.0 Å². The highest BCUT2D eigenvalue weighted by molar-refractivity contribution is 6.02. The quantitative estimate of drug-likeness (QED) is 0.515. The van der Waals surface area contributed by atoms with Crippen LogP contribution in [0.1, 0.15) is 54.7 Å². The van der Waals surface area contributed by atoms with Crippen molar-refractivity contribution in [3.05, 3.63) is 102 Å². The molecule has 1 heterocycles. The van der Waals surface area contributed by atoms with Crippen LogP contribution in [-0.2, 0) is 6.42 Å². The number of aliphatic imine (C=N–C) groups is 1. The Hall–Kier alpha value is -2.87. The molecule has 0 unspecified atom stereocenters. The Balaban J connectivity index is 1.51. The van der Waals surface area contributed by atoms with E-state index in [-0.39, 0.29) is 11.3 Å². The van der Waals surface area contributed by atoms with Crippen LogP contribution in [0.3, 0.4) is 0 Å². The maximum Gasteiger partial charge on any atom is 0.107 e. The minimum absolute atomic E-state index is 0.185. The first-order valence-electron chi connectivity index (χ1n) is 11.3. The van der Waals surface area contributed by atoms with Crippen LogP contribution in [0.25, 0.3) is 0 Å². The van der Waals surface area contributed by atoms with E-state index in [4.69, 9.17) is 4.99 Å². The second-order valence-corrected chi connectivity index (χ2v) is 8.86. The van der Waals surface area contributed by atoms with Crippen molar-refractivity contribution in [1.29, 1.82) is 0 Å². The molecule has 5 rings (SSSR count). The summed E-state index contributed by atoms with van der Waals surface area (Å²) < 4.78 is 0. The van der Waals surface area contributed by atoms with Gasteiger partial charge in [0, 0.05) is 17.0 Å². The highest BCUT2D eigenvalue weighted by Crippen LogP contribution is 2.45. The number of para-hydroxylation sites is 1. The second-order valence-electron chi connectivity index (χ2n) is 8.86. The van der Waals surface area contributed by atoms with Gasteiger partial charge in [-0.2, -0.15) is 0 Å². The lowest BCUT2D eigenvalue weighted by atomic mass is 9.67. The van der Waals surface area contributed by atoms with Crippen LogP contribution in [0, 0.1) is 5.41 Å². The van der Waals surface area contributed by atoms with Crippen LogP contribution < -0.4 is 5.32 Å². The summed E-state index contributed by atoms with van der Waals surface area (Å²) in [5.41, 5.74) is 5.54. The number of amidine groups is 1. The molecule has 1 N–H and O–H groups in total. The summed E-state index contributed by atoms with van der Waals surface area (Å²) in [5.74, 6) is 1.50. The van der Waals surface area contributed by atoms with Crippen LogP contribution in [-0.4, -0.2) is 12.4 Å². The molecule has 0 bridgehead atoms. The summed E-state index contributed by atoms with van der Waals surface area (Å²) in [6.45, 7) is 0.778. The first-order chi connectivity index (χ1) is 14.8. The van der Waals surface area contributed by atoms with E-state index in [1.807, 2.05) is 0 Å². The van der Waals surface area contributed by atoms with E-state index in [1.54, 1.807) is 0 Å². The molecule has 1 spiro atoms. The predicted octanol–water partition coefficient (Wildman–Crippen LogP) is 6.84. The first kappa shape index (κ1) is 19.1. The van der Waals surface area contributed by atoms with Crippen molar-refractivity contribution in [2.75, 3.05) is 11.9 Å². The number of benzene rings is 3. The number of nitrogens with zero attached hydrogens (tertiary/aromatic N) is 1. The Morgan fingerprint density at radius 3 is 2.00 bits per heavy atom. The molecule has 30 heavy (non-hydrogen) atoms. The molecule has 0 amide bonds. The third-order valence-electron chi connectivity index (χ3n) is 6.95. The Morgan fingerprint density at radius 2 is 1.33 bits per heavy atom. The fourth-order valence-electron chi connectivity index (χ4n) is 5.31. The summed E-state index contributed by atoms with van der Waals surface area (Å²) in [7, 11) is 0. The van der Waals surface area contributed by atoms with Gasteiger partial charge in [0.15, 0.2) is 0 Å². The van der Waals surface area contributed by atoms with Crippen molar-refractivity contribution in [3.8, 4) is 0 Å². The standard InChI is InChI=1S/C28H30N2/c1-4-12-22(13-5-1)25(23-14-6-2-7-15-23)21-29-27-28(18-10-3-11-19-28)20-24-16-8-9-17-26(24)30-27/h1-2,4-9,12-17,25H,3,10-11,18-21H2,(H,29,30). The zero-order valence-corrected chi connectivity index (χ0v) is 17.6. The first-order valence-corrected chi connectivity index (χ1v) is 11.3. The Labute approximate surface area is 180 Å². The SMILES string of the molecule is c1ccc(C(CN=C2Nc3ccccc3CC23CCCCC3)c2ccccc2)cc1. The number of rotatable bonds is 4. The molecule has 0 atom stereocenters. The largest absolute Gasteiger partial charge is 0.343 e. The molecule has 2 heteroatoms. The van der Waals surface area contributed by atoms with E-state index >= 15 is 0 Å². The van der Waals surface area contributed by atoms with E-state index in [9.17, 15) is 0 Å². The van der Waals surface area contributed by atoms with Crippen LogP contribution in [0.4, 0.5) is 5.69 Å². The minimum atomic E-state index is 0.185. The van der Waals surface area contributed by atoms with Gasteiger partial charge in [0.1, 0.15) is 5.84 Å².